The maximum atomic E-state index is 12.2. The van der Waals surface area contributed by atoms with Gasteiger partial charge in [-0.1, -0.05) is 31.5 Å². The summed E-state index contributed by atoms with van der Waals surface area (Å²) in [5, 5.41) is 8.92. The van der Waals surface area contributed by atoms with E-state index in [1.807, 2.05) is 32.0 Å². The van der Waals surface area contributed by atoms with Gasteiger partial charge < -0.3 is 5.11 Å². The van der Waals surface area contributed by atoms with Crippen molar-refractivity contribution in [2.45, 2.75) is 27.7 Å². The molecule has 0 radical (unpaired) electrons. The van der Waals surface area contributed by atoms with Gasteiger partial charge in [0.25, 0.3) is 0 Å². The number of hydrogen-bond acceptors (Lipinski definition) is 2. The maximum absolute atomic E-state index is 12.2. The molecule has 0 aliphatic rings. The summed E-state index contributed by atoms with van der Waals surface area (Å²) in [5.41, 5.74) is 2.53. The lowest BCUT2D eigenvalue weighted by molar-refractivity contribution is -0.142. The summed E-state index contributed by atoms with van der Waals surface area (Å²) in [5.74, 6) is -2.20. The number of carbonyl (C=O) groups is 2. The fourth-order valence-electron chi connectivity index (χ4n) is 1.69. The first-order valence-electron chi connectivity index (χ1n) is 5.69. The summed E-state index contributed by atoms with van der Waals surface area (Å²) in [6.07, 6.45) is 0. The number of rotatable bonds is 4. The number of ketones is 1. The number of carboxylic acid groups (broad SMARTS) is 1. The van der Waals surface area contributed by atoms with Crippen LogP contribution in [0, 0.1) is 25.7 Å². The van der Waals surface area contributed by atoms with Gasteiger partial charge in [0, 0.05) is 11.5 Å². The van der Waals surface area contributed by atoms with Crippen LogP contribution in [0.3, 0.4) is 0 Å². The van der Waals surface area contributed by atoms with Crippen LogP contribution in [0.15, 0.2) is 18.2 Å². The van der Waals surface area contributed by atoms with Crippen molar-refractivity contribution in [1.29, 1.82) is 0 Å². The first-order chi connectivity index (χ1) is 7.84. The standard InChI is InChI=1S/C14H18O3/c1-8-5-6-9(2)12(7-8)13(15)10(3)11(4)14(16)17/h5-7,10-11H,1-4H3,(H,16,17). The Labute approximate surface area is 101 Å². The van der Waals surface area contributed by atoms with Gasteiger partial charge in [-0.25, -0.2) is 0 Å². The molecule has 2 atom stereocenters. The van der Waals surface area contributed by atoms with Gasteiger partial charge in [-0.15, -0.1) is 0 Å². The Morgan fingerprint density at radius 3 is 2.24 bits per heavy atom. The molecule has 0 aromatic heterocycles. The van der Waals surface area contributed by atoms with Crippen molar-refractivity contribution in [3.05, 3.63) is 34.9 Å². The molecule has 0 amide bonds. The Hall–Kier alpha value is -1.64. The van der Waals surface area contributed by atoms with Gasteiger partial charge in [-0.2, -0.15) is 0 Å². The summed E-state index contributed by atoms with van der Waals surface area (Å²) in [4.78, 5) is 23.1. The fraction of sp³-hybridized carbons (Fsp3) is 0.429. The molecule has 1 rings (SSSR count). The van der Waals surface area contributed by atoms with Gasteiger partial charge in [0.05, 0.1) is 5.92 Å². The number of benzene rings is 1. The third-order valence-electron chi connectivity index (χ3n) is 3.21. The van der Waals surface area contributed by atoms with Crippen LogP contribution in [0.2, 0.25) is 0 Å². The van der Waals surface area contributed by atoms with E-state index in [4.69, 9.17) is 5.11 Å². The van der Waals surface area contributed by atoms with Crippen LogP contribution >= 0.6 is 0 Å². The SMILES string of the molecule is Cc1ccc(C)c(C(=O)C(C)C(C)C(=O)O)c1. The topological polar surface area (TPSA) is 54.4 Å². The minimum atomic E-state index is -0.934. The predicted molar refractivity (Wildman–Crippen MR) is 66.2 cm³/mol. The average molecular weight is 234 g/mol. The van der Waals surface area contributed by atoms with Gasteiger partial charge in [-0.3, -0.25) is 9.59 Å². The largest absolute Gasteiger partial charge is 0.481 e. The minimum absolute atomic E-state index is 0.0962. The highest BCUT2D eigenvalue weighted by atomic mass is 16.4. The Morgan fingerprint density at radius 1 is 1.12 bits per heavy atom. The molecule has 1 aromatic carbocycles. The van der Waals surface area contributed by atoms with E-state index in [-0.39, 0.29) is 5.78 Å². The third-order valence-corrected chi connectivity index (χ3v) is 3.21. The van der Waals surface area contributed by atoms with Crippen LogP contribution in [0.1, 0.15) is 35.3 Å². The van der Waals surface area contributed by atoms with Gasteiger partial charge in [0.2, 0.25) is 0 Å². The Morgan fingerprint density at radius 2 is 1.71 bits per heavy atom. The quantitative estimate of drug-likeness (QED) is 0.815. The number of carbonyl (C=O) groups excluding carboxylic acids is 1. The summed E-state index contributed by atoms with van der Waals surface area (Å²) < 4.78 is 0. The van der Waals surface area contributed by atoms with Crippen LogP contribution in [-0.2, 0) is 4.79 Å². The molecule has 1 aromatic rings. The van der Waals surface area contributed by atoms with Crippen molar-refractivity contribution in [3.63, 3.8) is 0 Å². The van der Waals surface area contributed by atoms with Gasteiger partial charge in [0.1, 0.15) is 0 Å². The van der Waals surface area contributed by atoms with Gasteiger partial charge >= 0.3 is 5.97 Å². The highest BCUT2D eigenvalue weighted by Crippen LogP contribution is 2.20. The van der Waals surface area contributed by atoms with Crippen molar-refractivity contribution in [1.82, 2.24) is 0 Å². The number of hydrogen-bond donors (Lipinski definition) is 1. The first-order valence-corrected chi connectivity index (χ1v) is 5.69. The average Bonchev–Trinajstić information content (AvgIpc) is 2.29. The van der Waals surface area contributed by atoms with Crippen LogP contribution < -0.4 is 0 Å². The monoisotopic (exact) mass is 234 g/mol. The Balaban J connectivity index is 3.04. The molecule has 0 aliphatic heterocycles. The van der Waals surface area contributed by atoms with Crippen LogP contribution in [0.25, 0.3) is 0 Å². The van der Waals surface area contributed by atoms with Crippen molar-refractivity contribution in [3.8, 4) is 0 Å². The van der Waals surface area contributed by atoms with Gasteiger partial charge in [-0.05, 0) is 25.5 Å². The summed E-state index contributed by atoms with van der Waals surface area (Å²) in [6, 6.07) is 5.65. The fourth-order valence-corrected chi connectivity index (χ4v) is 1.69. The van der Waals surface area contributed by atoms with E-state index in [1.54, 1.807) is 13.8 Å². The number of carboxylic acids is 1. The van der Waals surface area contributed by atoms with E-state index < -0.39 is 17.8 Å². The smallest absolute Gasteiger partial charge is 0.306 e. The molecule has 0 saturated carbocycles. The molecule has 0 fully saturated rings. The van der Waals surface area contributed by atoms with E-state index in [0.29, 0.717) is 5.56 Å². The molecule has 3 nitrogen and oxygen atoms in total. The van der Waals surface area contributed by atoms with Crippen molar-refractivity contribution in [2.75, 3.05) is 0 Å². The van der Waals surface area contributed by atoms with Crippen molar-refractivity contribution >= 4 is 11.8 Å². The van der Waals surface area contributed by atoms with E-state index in [1.165, 1.54) is 0 Å². The molecule has 92 valence electrons. The van der Waals surface area contributed by atoms with E-state index in [2.05, 4.69) is 0 Å². The van der Waals surface area contributed by atoms with Crippen LogP contribution in [0.4, 0.5) is 0 Å². The normalized spacial score (nSPS) is 14.1. The lowest BCUT2D eigenvalue weighted by Crippen LogP contribution is -2.25. The molecule has 0 aliphatic carbocycles. The Bertz CT molecular complexity index is 449. The zero-order valence-electron chi connectivity index (χ0n) is 10.7. The molecule has 2 unspecified atom stereocenters. The highest BCUT2D eigenvalue weighted by Gasteiger charge is 2.27. The second kappa shape index (κ2) is 5.13. The molecule has 17 heavy (non-hydrogen) atoms. The first kappa shape index (κ1) is 13.4. The number of aryl methyl sites for hydroxylation is 2. The van der Waals surface area contributed by atoms with Crippen molar-refractivity contribution < 1.29 is 14.7 Å². The number of aliphatic carboxylic acids is 1. The lowest BCUT2D eigenvalue weighted by Gasteiger charge is -2.16. The van der Waals surface area contributed by atoms with E-state index in [9.17, 15) is 9.59 Å². The molecule has 0 bridgehead atoms. The molecule has 0 saturated heterocycles. The van der Waals surface area contributed by atoms with E-state index >= 15 is 0 Å². The van der Waals surface area contributed by atoms with Gasteiger partial charge in [0.15, 0.2) is 5.78 Å². The molecular weight excluding hydrogens is 216 g/mol. The zero-order chi connectivity index (χ0) is 13.2. The van der Waals surface area contributed by atoms with Crippen LogP contribution in [-0.4, -0.2) is 16.9 Å². The van der Waals surface area contributed by atoms with Crippen molar-refractivity contribution in [2.24, 2.45) is 11.8 Å². The second-order valence-corrected chi connectivity index (χ2v) is 4.60. The predicted octanol–water partition coefficient (Wildman–Crippen LogP) is 2.84. The number of Topliss-reactive ketones (excluding diaryl/α,β-unsaturated/α-hetero) is 1. The minimum Gasteiger partial charge on any atom is -0.481 e. The molecule has 0 heterocycles. The maximum Gasteiger partial charge on any atom is 0.306 e. The summed E-state index contributed by atoms with van der Waals surface area (Å²) in [7, 11) is 0. The molecule has 0 spiro atoms. The molecular formula is C14H18O3. The third kappa shape index (κ3) is 2.93. The summed E-state index contributed by atoms with van der Waals surface area (Å²) >= 11 is 0. The van der Waals surface area contributed by atoms with E-state index in [0.717, 1.165) is 11.1 Å². The molecule has 1 N–H and O–H groups in total. The van der Waals surface area contributed by atoms with Crippen LogP contribution in [0.5, 0.6) is 0 Å². The molecule has 3 heteroatoms. The highest BCUT2D eigenvalue weighted by molar-refractivity contribution is 6.00. The summed E-state index contributed by atoms with van der Waals surface area (Å²) in [6.45, 7) is 7.02. The lowest BCUT2D eigenvalue weighted by atomic mass is 9.86. The second-order valence-electron chi connectivity index (χ2n) is 4.60. The Kier molecular flexibility index (Phi) is 4.05. The zero-order valence-corrected chi connectivity index (χ0v) is 10.7.